The first-order valence-electron chi connectivity index (χ1n) is 42.6. The zero-order valence-electron chi connectivity index (χ0n) is 71.0. The van der Waals surface area contributed by atoms with Crippen LogP contribution in [0.4, 0.5) is 45.8 Å². The molecule has 0 saturated heterocycles. The Hall–Kier alpha value is -20.8. The average molecular weight is 1730 g/mol. The molecule has 0 aliphatic heterocycles. The van der Waals surface area contributed by atoms with Gasteiger partial charge < -0.3 is 9.69 Å². The van der Waals surface area contributed by atoms with Gasteiger partial charge >= 0.3 is 0 Å². The molecule has 0 aliphatic rings. The molecule has 0 radical (unpaired) electrons. The number of aromatic nitrogens is 12. The Morgan fingerprint density at radius 2 is 0.478 bits per heavy atom. The minimum absolute atomic E-state index is 0.00481. The van der Waals surface area contributed by atoms with Gasteiger partial charge in [0, 0.05) is 110 Å². The van der Waals surface area contributed by atoms with Crippen molar-refractivity contribution < 1.29 is 0 Å². The fourth-order valence-electron chi connectivity index (χ4n) is 19.3. The van der Waals surface area contributed by atoms with Gasteiger partial charge in [0.25, 0.3) is 11.6 Å². The first-order valence-corrected chi connectivity index (χ1v) is 42.6. The van der Waals surface area contributed by atoms with Gasteiger partial charge in [-0.3, -0.25) is 73.9 Å². The average Bonchev–Trinajstić information content (AvgIpc) is 0.716. The van der Waals surface area contributed by atoms with Gasteiger partial charge in [-0.25, -0.2) is 4.98 Å². The highest BCUT2D eigenvalue weighted by Crippen LogP contribution is 2.54. The number of nitrogens with zero attached hydrogens (tertiary/aromatic N) is 21. The van der Waals surface area contributed by atoms with E-state index >= 15 is 0 Å². The first kappa shape index (κ1) is 79.8. The van der Waals surface area contributed by atoms with Crippen LogP contribution in [-0.2, 0) is 0 Å². The van der Waals surface area contributed by atoms with E-state index in [9.17, 15) is 5.26 Å². The molecule has 0 amide bonds. The molecule has 0 atom stereocenters. The monoisotopic (exact) mass is 1730 g/mol. The molecule has 6 aromatic heterocycles. The van der Waals surface area contributed by atoms with E-state index in [4.69, 9.17) is 62.5 Å². The van der Waals surface area contributed by atoms with E-state index in [1.54, 1.807) is 61.8 Å². The maximum atomic E-state index is 9.91. The quantitative estimate of drug-likeness (QED) is 0.0786. The minimum Gasteiger partial charge on any atom is -0.370 e. The van der Waals surface area contributed by atoms with Crippen LogP contribution in [0.3, 0.4) is 0 Å². The van der Waals surface area contributed by atoms with Crippen molar-refractivity contribution >= 4 is 284 Å². The molecule has 0 unspecified atom stereocenters. The standard InChI is InChI=1S/C24H8N6.2C24H14N2.C23H9N5.C20H8N6/c1-26-20-17(12-25)19-18(22(27-2)24(20)28-3)15-10-13-6-4-5-7-14(13)11-16(15)21-23(19)30-9-8-29-21;1-2-7-17-14-21-20(13-16(17)6-1)22-18-8-4-3-5-15(18)9-10-19(22)23-24(21)26-12-11-25-23;1-2-7-17-14-21-20(13-16(17)6-1)19-10-9-15-5-3-4-8-18(15)22(19)24-23(21)25-11-12-26-24;1-24-18-12-17-19(23(26-3)22(18)25-2)15-10-13-6-4-5-7-14(13)11-16(15)20-21(17)28-9-8-27-20;1-21-19-20(22-2)26-18-16(25-19)14-10-12-6-4-3-5-11(12)9-13(14)15-17(18)24-8-7-23-15/h4-11H;2*1-14H;4-12H;3-10H. The number of fused-ring (bicyclic) bond motifs is 39. The van der Waals surface area contributed by atoms with Crippen LogP contribution in [0.15, 0.2) is 323 Å². The van der Waals surface area contributed by atoms with Crippen molar-refractivity contribution in [2.24, 2.45) is 0 Å². The van der Waals surface area contributed by atoms with Crippen LogP contribution >= 0.6 is 0 Å². The van der Waals surface area contributed by atoms with Gasteiger partial charge in [-0.2, -0.15) is 5.26 Å². The van der Waals surface area contributed by atoms with E-state index in [0.29, 0.717) is 65.5 Å². The van der Waals surface area contributed by atoms with Crippen LogP contribution in [0.2, 0.25) is 0 Å². The molecular formula is C115H53N21. The number of hydrogen-bond donors (Lipinski definition) is 0. The van der Waals surface area contributed by atoms with E-state index in [0.717, 1.165) is 103 Å². The van der Waals surface area contributed by atoms with Gasteiger partial charge in [0.15, 0.2) is 17.1 Å². The first-order chi connectivity index (χ1) is 67.1. The third-order valence-corrected chi connectivity index (χ3v) is 25.2. The summed E-state index contributed by atoms with van der Waals surface area (Å²) >= 11 is 0. The molecule has 27 aromatic rings. The minimum atomic E-state index is -0.113. The lowest BCUT2D eigenvalue weighted by Gasteiger charge is -2.15. The molecule has 0 aliphatic carbocycles. The number of benzene rings is 21. The van der Waals surface area contributed by atoms with Crippen LogP contribution < -0.4 is 0 Å². The van der Waals surface area contributed by atoms with E-state index in [2.05, 4.69) is 252 Å². The zero-order valence-corrected chi connectivity index (χ0v) is 71.0. The van der Waals surface area contributed by atoms with Gasteiger partial charge in [0.1, 0.15) is 11.0 Å². The summed E-state index contributed by atoms with van der Waals surface area (Å²) in [7, 11) is 0. The largest absolute Gasteiger partial charge is 0.370 e. The summed E-state index contributed by atoms with van der Waals surface area (Å²) in [4.78, 5) is 82.4. The normalized spacial score (nSPS) is 11.2. The number of hydrogen-bond acceptors (Lipinski definition) is 13. The Kier molecular flexibility index (Phi) is 19.1. The molecule has 21 aromatic carbocycles. The molecule has 136 heavy (non-hydrogen) atoms. The van der Waals surface area contributed by atoms with Crippen molar-refractivity contribution in [3.8, 4) is 6.07 Å². The Morgan fingerprint density at radius 3 is 0.890 bits per heavy atom. The highest BCUT2D eigenvalue weighted by Gasteiger charge is 2.28. The number of rotatable bonds is 0. The fourth-order valence-corrected chi connectivity index (χ4v) is 19.3. The van der Waals surface area contributed by atoms with Crippen molar-refractivity contribution in [2.75, 3.05) is 0 Å². The smallest absolute Gasteiger partial charge is 0.294 e. The molecule has 21 nitrogen and oxygen atoms in total. The SMILES string of the molecule is [C-]#[N+]c1c([N+]#[C-])c(C#N)c2c3nccnc3c3cc4ccccc4cc3c2c1[N+]#[C-].[C-]#[N+]c1cc2c3nccnc3c3cc4ccccc4cc3c2c([N+]#[C-])c1[N+]#[C-].[C-]#[N+]c1nc2c3cc4ccccc4cc3c3nccnc3c2nc1[N+]#[C-].c1ccc2cc3c(cc2c1)c1ccc2ccccc2c1c1nccnc31.c1ccc2cc3c(cc2c1)c1nccnc1c1ccc2ccccc2c31. The molecule has 0 N–H and O–H groups in total. The van der Waals surface area contributed by atoms with Gasteiger partial charge in [0.05, 0.1) is 95.2 Å². The Balaban J connectivity index is 0.0000000957. The van der Waals surface area contributed by atoms with Crippen molar-refractivity contribution in [3.63, 3.8) is 0 Å². The molecule has 0 spiro atoms. The Labute approximate surface area is 770 Å². The van der Waals surface area contributed by atoms with E-state index < -0.39 is 0 Å². The predicted octanol–water partition coefficient (Wildman–Crippen LogP) is 30.8. The molecule has 618 valence electrons. The van der Waals surface area contributed by atoms with Crippen LogP contribution in [0.1, 0.15) is 5.56 Å². The molecule has 27 rings (SSSR count). The zero-order chi connectivity index (χ0) is 91.9. The fraction of sp³-hybridized carbons (Fsp3) is 0. The third-order valence-electron chi connectivity index (χ3n) is 25.2. The summed E-state index contributed by atoms with van der Waals surface area (Å²) < 4.78 is 0. The highest BCUT2D eigenvalue weighted by molar-refractivity contribution is 6.36. The lowest BCUT2D eigenvalue weighted by molar-refractivity contribution is 1.29. The lowest BCUT2D eigenvalue weighted by Crippen LogP contribution is -1.93. The van der Waals surface area contributed by atoms with Gasteiger partial charge in [-0.05, 0) is 185 Å². The van der Waals surface area contributed by atoms with Crippen molar-refractivity contribution in [1.82, 2.24) is 59.8 Å². The van der Waals surface area contributed by atoms with Crippen LogP contribution in [-0.4, -0.2) is 59.8 Å². The summed E-state index contributed by atoms with van der Waals surface area (Å²) in [6.07, 6.45) is 16.7. The Bertz CT molecular complexity index is 10500. The second kappa shape index (κ2) is 32.5. The highest BCUT2D eigenvalue weighted by atomic mass is 15.0. The molecule has 0 fully saturated rings. The molecule has 0 bridgehead atoms. The summed E-state index contributed by atoms with van der Waals surface area (Å²) in [5.41, 5.74) is 8.99. The maximum Gasteiger partial charge on any atom is 0.294 e. The summed E-state index contributed by atoms with van der Waals surface area (Å²) in [5.74, 6) is -0.00945. The van der Waals surface area contributed by atoms with E-state index in [1.807, 2.05) is 97.1 Å². The summed E-state index contributed by atoms with van der Waals surface area (Å²) in [6, 6.07) is 91.6. The predicted molar refractivity (Wildman–Crippen MR) is 546 cm³/mol. The molecule has 21 heteroatoms. The van der Waals surface area contributed by atoms with Crippen LogP contribution in [0, 0.1) is 63.9 Å². The second-order valence-corrected chi connectivity index (χ2v) is 32.2. The van der Waals surface area contributed by atoms with Crippen molar-refractivity contribution in [3.05, 3.63) is 420 Å². The van der Waals surface area contributed by atoms with Gasteiger partial charge in [-0.15, -0.1) is 9.97 Å². The van der Waals surface area contributed by atoms with Gasteiger partial charge in [0.2, 0.25) is 28.1 Å². The molecular weight excluding hydrogens is 1680 g/mol. The van der Waals surface area contributed by atoms with E-state index in [1.165, 1.54) is 76.2 Å². The summed E-state index contributed by atoms with van der Waals surface area (Å²) in [6.45, 7) is 60.2. The van der Waals surface area contributed by atoms with Crippen LogP contribution in [0.5, 0.6) is 0 Å². The van der Waals surface area contributed by atoms with Crippen molar-refractivity contribution in [1.29, 1.82) is 5.26 Å². The molecule has 0 saturated carbocycles. The van der Waals surface area contributed by atoms with Gasteiger partial charge in [-0.1, -0.05) is 213 Å². The maximum absolute atomic E-state index is 9.91. The second-order valence-electron chi connectivity index (χ2n) is 32.2. The number of nitriles is 1. The Morgan fingerprint density at radius 1 is 0.184 bits per heavy atom. The van der Waals surface area contributed by atoms with Crippen molar-refractivity contribution in [2.45, 2.75) is 0 Å². The lowest BCUT2D eigenvalue weighted by atomic mass is 9.91. The van der Waals surface area contributed by atoms with E-state index in [-0.39, 0.29) is 51.3 Å². The third kappa shape index (κ3) is 12.7. The molecule has 6 heterocycles. The van der Waals surface area contributed by atoms with Crippen LogP contribution in [0.25, 0.3) is 277 Å². The summed E-state index contributed by atoms with van der Waals surface area (Å²) in [5, 5.41) is 42.8. The topological polar surface area (TPSA) is 213 Å².